The first-order valence-corrected chi connectivity index (χ1v) is 19.0. The molecule has 0 radical (unpaired) electrons. The molecule has 3 unspecified atom stereocenters. The molecule has 1 fully saturated rings. The van der Waals surface area contributed by atoms with Crippen LogP contribution in [-0.4, -0.2) is 0 Å². The standard InChI is InChI=1S/C45H31N3OS2/c1-2-11-26(12-3-1)43-46-44(27-23-24-38-36(25-27)28-13-4-6-21-37(28)49-38)48-45(47-43)35-20-10-19-34-33-18-9-17-32(41(33)51-42(34)35)31-16-8-15-30-29-14-5-7-22-39(29)50-40(30)31/h1-25,43-48H. The van der Waals surface area contributed by atoms with Gasteiger partial charge in [-0.25, -0.2) is 0 Å². The summed E-state index contributed by atoms with van der Waals surface area (Å²) in [6.07, 6.45) is -0.278. The second kappa shape index (κ2) is 11.6. The van der Waals surface area contributed by atoms with Gasteiger partial charge in [-0.3, -0.25) is 16.0 Å². The smallest absolute Gasteiger partial charge is 0.135 e. The Morgan fingerprint density at radius 3 is 1.80 bits per heavy atom. The molecule has 51 heavy (non-hydrogen) atoms. The summed E-state index contributed by atoms with van der Waals surface area (Å²) >= 11 is 3.80. The van der Waals surface area contributed by atoms with Crippen LogP contribution < -0.4 is 16.0 Å². The fourth-order valence-corrected chi connectivity index (χ4v) is 10.6. The third-order valence-corrected chi connectivity index (χ3v) is 13.0. The predicted molar refractivity (Wildman–Crippen MR) is 215 cm³/mol. The number of nitrogens with one attached hydrogen (secondary N) is 3. The van der Waals surface area contributed by atoms with Crippen molar-refractivity contribution in [1.29, 1.82) is 0 Å². The Morgan fingerprint density at radius 2 is 0.980 bits per heavy atom. The van der Waals surface area contributed by atoms with Gasteiger partial charge in [0.2, 0.25) is 0 Å². The SMILES string of the molecule is c1ccc(C2NC(c3ccc4oc5ccccc5c4c3)NC(c3cccc4c3sc3c(-c5cccc6c5sc5ccccc56)cccc34)N2)cc1. The highest BCUT2D eigenvalue weighted by Crippen LogP contribution is 2.46. The molecule has 0 saturated carbocycles. The first kappa shape index (κ1) is 29.4. The number of para-hydroxylation sites is 1. The molecule has 1 aliphatic rings. The molecular formula is C45H31N3OS2. The number of thiophene rings is 2. The van der Waals surface area contributed by atoms with E-state index in [1.54, 1.807) is 0 Å². The second-order valence-electron chi connectivity index (χ2n) is 13.4. The van der Waals surface area contributed by atoms with Crippen molar-refractivity contribution < 1.29 is 4.42 Å². The largest absolute Gasteiger partial charge is 0.456 e. The summed E-state index contributed by atoms with van der Waals surface area (Å²) in [7, 11) is 0. The van der Waals surface area contributed by atoms with Crippen LogP contribution in [0.1, 0.15) is 35.2 Å². The van der Waals surface area contributed by atoms with Gasteiger partial charge in [0.1, 0.15) is 11.2 Å². The molecule has 0 spiro atoms. The van der Waals surface area contributed by atoms with Crippen LogP contribution in [0.2, 0.25) is 0 Å². The summed E-state index contributed by atoms with van der Waals surface area (Å²) < 4.78 is 11.5. The van der Waals surface area contributed by atoms with Crippen molar-refractivity contribution in [2.24, 2.45) is 0 Å². The molecule has 0 amide bonds. The molecular weight excluding hydrogens is 663 g/mol. The van der Waals surface area contributed by atoms with Gasteiger partial charge < -0.3 is 4.42 Å². The van der Waals surface area contributed by atoms with Crippen molar-refractivity contribution in [2.45, 2.75) is 18.5 Å². The quantitative estimate of drug-likeness (QED) is 0.172. The molecule has 7 aromatic carbocycles. The van der Waals surface area contributed by atoms with Gasteiger partial charge in [-0.15, -0.1) is 22.7 Å². The summed E-state index contributed by atoms with van der Waals surface area (Å²) in [6.45, 7) is 0. The van der Waals surface area contributed by atoms with E-state index in [0.717, 1.165) is 21.9 Å². The maximum absolute atomic E-state index is 6.18. The third kappa shape index (κ3) is 4.69. The normalized spacial score (nSPS) is 18.2. The van der Waals surface area contributed by atoms with Gasteiger partial charge >= 0.3 is 0 Å². The number of benzene rings is 7. The van der Waals surface area contributed by atoms with Crippen LogP contribution >= 0.6 is 22.7 Å². The summed E-state index contributed by atoms with van der Waals surface area (Å²) in [5.41, 5.74) is 8.04. The Balaban J connectivity index is 1.05. The highest BCUT2D eigenvalue weighted by molar-refractivity contribution is 7.27. The maximum Gasteiger partial charge on any atom is 0.135 e. The Hall–Kier alpha value is -5.34. The van der Waals surface area contributed by atoms with E-state index in [2.05, 4.69) is 155 Å². The van der Waals surface area contributed by atoms with E-state index in [1.165, 1.54) is 68.2 Å². The molecule has 3 atom stereocenters. The van der Waals surface area contributed by atoms with E-state index in [1.807, 2.05) is 34.8 Å². The van der Waals surface area contributed by atoms with Crippen LogP contribution in [0.25, 0.3) is 73.4 Å². The molecule has 0 bridgehead atoms. The topological polar surface area (TPSA) is 49.2 Å². The minimum Gasteiger partial charge on any atom is -0.456 e. The summed E-state index contributed by atoms with van der Waals surface area (Å²) in [5, 5.41) is 19.3. The van der Waals surface area contributed by atoms with Gasteiger partial charge in [0.25, 0.3) is 0 Å². The molecule has 0 aliphatic carbocycles. The van der Waals surface area contributed by atoms with Crippen LogP contribution in [-0.2, 0) is 0 Å². The molecule has 244 valence electrons. The Labute approximate surface area is 302 Å². The molecule has 4 heterocycles. The van der Waals surface area contributed by atoms with Gasteiger partial charge in [0, 0.05) is 67.8 Å². The number of hydrogen-bond acceptors (Lipinski definition) is 6. The van der Waals surface area contributed by atoms with Crippen LogP contribution in [0.5, 0.6) is 0 Å². The molecule has 4 nitrogen and oxygen atoms in total. The van der Waals surface area contributed by atoms with Crippen molar-refractivity contribution in [2.75, 3.05) is 0 Å². The van der Waals surface area contributed by atoms with Gasteiger partial charge in [-0.05, 0) is 35.4 Å². The van der Waals surface area contributed by atoms with Crippen molar-refractivity contribution in [1.82, 2.24) is 16.0 Å². The Bertz CT molecular complexity index is 2940. The van der Waals surface area contributed by atoms with E-state index in [9.17, 15) is 0 Å². The average Bonchev–Trinajstić information content (AvgIpc) is 3.89. The summed E-state index contributed by atoms with van der Waals surface area (Å²) in [6, 6.07) is 54.7. The van der Waals surface area contributed by atoms with E-state index in [4.69, 9.17) is 4.42 Å². The minimum absolute atomic E-state index is 0.0648. The van der Waals surface area contributed by atoms with Crippen molar-refractivity contribution in [3.05, 3.63) is 168 Å². The number of furan rings is 1. The fraction of sp³-hybridized carbons (Fsp3) is 0.0667. The van der Waals surface area contributed by atoms with Crippen molar-refractivity contribution in [3.8, 4) is 11.1 Å². The average molecular weight is 694 g/mol. The molecule has 11 rings (SSSR count). The number of rotatable bonds is 4. The van der Waals surface area contributed by atoms with Crippen LogP contribution in [0, 0.1) is 0 Å². The van der Waals surface area contributed by atoms with Crippen LogP contribution in [0.15, 0.2) is 156 Å². The lowest BCUT2D eigenvalue weighted by Gasteiger charge is -2.39. The fourth-order valence-electron chi connectivity index (χ4n) is 8.02. The molecule has 1 aliphatic heterocycles. The first-order valence-electron chi connectivity index (χ1n) is 17.4. The lowest BCUT2D eigenvalue weighted by molar-refractivity contribution is 0.204. The van der Waals surface area contributed by atoms with Crippen molar-refractivity contribution >= 4 is 85.0 Å². The lowest BCUT2D eigenvalue weighted by atomic mass is 9.99. The molecule has 3 N–H and O–H groups in total. The molecule has 6 heteroatoms. The summed E-state index contributed by atoms with van der Waals surface area (Å²) in [5.74, 6) is 0. The van der Waals surface area contributed by atoms with Gasteiger partial charge in [0.05, 0.1) is 18.5 Å². The zero-order chi connectivity index (χ0) is 33.5. The van der Waals surface area contributed by atoms with E-state index in [0.29, 0.717) is 0 Å². The van der Waals surface area contributed by atoms with E-state index >= 15 is 0 Å². The van der Waals surface area contributed by atoms with Gasteiger partial charge in [-0.1, -0.05) is 127 Å². The van der Waals surface area contributed by atoms with Crippen molar-refractivity contribution in [3.63, 3.8) is 0 Å². The first-order chi connectivity index (χ1) is 25.3. The van der Waals surface area contributed by atoms with E-state index in [-0.39, 0.29) is 18.5 Å². The number of fused-ring (bicyclic) bond motifs is 9. The van der Waals surface area contributed by atoms with Crippen LogP contribution in [0.4, 0.5) is 0 Å². The zero-order valence-corrected chi connectivity index (χ0v) is 29.0. The molecule has 1 saturated heterocycles. The minimum atomic E-state index is -0.107. The van der Waals surface area contributed by atoms with Gasteiger partial charge in [0.15, 0.2) is 0 Å². The second-order valence-corrected chi connectivity index (χ2v) is 15.4. The highest BCUT2D eigenvalue weighted by atomic mass is 32.1. The Morgan fingerprint density at radius 1 is 0.392 bits per heavy atom. The zero-order valence-electron chi connectivity index (χ0n) is 27.4. The maximum atomic E-state index is 6.18. The lowest BCUT2D eigenvalue weighted by Crippen LogP contribution is -2.54. The van der Waals surface area contributed by atoms with Gasteiger partial charge in [-0.2, -0.15) is 0 Å². The third-order valence-electron chi connectivity index (χ3n) is 10.4. The predicted octanol–water partition coefficient (Wildman–Crippen LogP) is 12.2. The highest BCUT2D eigenvalue weighted by Gasteiger charge is 2.31. The molecule has 10 aromatic rings. The summed E-state index contributed by atoms with van der Waals surface area (Å²) in [4.78, 5) is 0. The Kier molecular flexibility index (Phi) is 6.69. The molecule has 3 aromatic heterocycles. The van der Waals surface area contributed by atoms with Crippen LogP contribution in [0.3, 0.4) is 0 Å². The monoisotopic (exact) mass is 693 g/mol. The van der Waals surface area contributed by atoms with E-state index < -0.39 is 0 Å². The number of hydrogen-bond donors (Lipinski definition) is 3.